The number of hydroxylamine groups is 1. The second-order valence-electron chi connectivity index (χ2n) is 9.88. The van der Waals surface area contributed by atoms with Crippen molar-refractivity contribution < 1.29 is 27.6 Å². The fourth-order valence-electron chi connectivity index (χ4n) is 4.76. The van der Waals surface area contributed by atoms with E-state index in [-0.39, 0.29) is 24.2 Å². The van der Waals surface area contributed by atoms with Crippen molar-refractivity contribution in [3.63, 3.8) is 0 Å². The molecule has 2 aliphatic rings. The number of hydrogen-bond donors (Lipinski definition) is 3. The second-order valence-corrected chi connectivity index (χ2v) is 13.4. The minimum absolute atomic E-state index is 0.00876. The zero-order chi connectivity index (χ0) is 26.5. The van der Waals surface area contributed by atoms with Gasteiger partial charge in [0.2, 0.25) is 5.91 Å². The van der Waals surface area contributed by atoms with Gasteiger partial charge < -0.3 is 15.4 Å². The first-order valence-corrected chi connectivity index (χ1v) is 15.2. The third kappa shape index (κ3) is 6.70. The number of thiophene rings is 1. The molecule has 2 fully saturated rings. The standard InChI is InChI=1S/C26H35N3O6S2/c1-18(2)27-25(31)28-20-9-7-8-19(16-20)21-11-12-22(36-21)26(13-4-6-15-37(26,32)33)17-23(30)29-35-24-10-3-5-14-34-24/h7-9,11-12,16,18,24H,3-6,10,13-15,17H2,1-2H3,(H,29,30)(H2,27,28,31)/t24?,26-/m0/s1. The highest BCUT2D eigenvalue weighted by molar-refractivity contribution is 7.92. The Morgan fingerprint density at radius 2 is 2.00 bits per heavy atom. The van der Waals surface area contributed by atoms with Gasteiger partial charge in [-0.3, -0.25) is 4.79 Å². The first-order chi connectivity index (χ1) is 17.7. The molecule has 3 heterocycles. The van der Waals surface area contributed by atoms with Gasteiger partial charge in [0.15, 0.2) is 16.1 Å². The van der Waals surface area contributed by atoms with Crippen molar-refractivity contribution in [2.24, 2.45) is 0 Å². The van der Waals surface area contributed by atoms with Crippen LogP contribution in [-0.2, 0) is 29.0 Å². The van der Waals surface area contributed by atoms with Crippen molar-refractivity contribution in [2.75, 3.05) is 17.7 Å². The van der Waals surface area contributed by atoms with E-state index in [1.807, 2.05) is 44.2 Å². The summed E-state index contributed by atoms with van der Waals surface area (Å²) in [6.45, 7) is 4.35. The fraction of sp³-hybridized carbons (Fsp3) is 0.538. The van der Waals surface area contributed by atoms with E-state index in [0.29, 0.717) is 36.4 Å². The predicted molar refractivity (Wildman–Crippen MR) is 144 cm³/mol. The highest BCUT2D eigenvalue weighted by atomic mass is 32.2. The van der Waals surface area contributed by atoms with Crippen molar-refractivity contribution in [3.05, 3.63) is 41.3 Å². The van der Waals surface area contributed by atoms with Crippen LogP contribution in [0.15, 0.2) is 36.4 Å². The van der Waals surface area contributed by atoms with Gasteiger partial charge in [0.1, 0.15) is 4.75 Å². The average molecular weight is 550 g/mol. The van der Waals surface area contributed by atoms with Gasteiger partial charge in [-0.25, -0.2) is 23.5 Å². The van der Waals surface area contributed by atoms with Crippen LogP contribution in [0.2, 0.25) is 0 Å². The SMILES string of the molecule is CC(C)NC(=O)Nc1cccc(-c2ccc([C@@]3(CC(=O)NOC4CCCCO4)CCCCS3(=O)=O)s2)c1. The van der Waals surface area contributed by atoms with Gasteiger partial charge in [-0.1, -0.05) is 18.6 Å². The number of hydrogen-bond acceptors (Lipinski definition) is 7. The Morgan fingerprint density at radius 1 is 1.16 bits per heavy atom. The normalized spacial score (nSPS) is 23.4. The van der Waals surface area contributed by atoms with E-state index in [1.165, 1.54) is 11.3 Å². The smallest absolute Gasteiger partial charge is 0.319 e. The molecule has 2 atom stereocenters. The number of carbonyl (C=O) groups excluding carboxylic acids is 2. The van der Waals surface area contributed by atoms with E-state index in [1.54, 1.807) is 6.07 Å². The lowest BCUT2D eigenvalue weighted by Gasteiger charge is -2.35. The van der Waals surface area contributed by atoms with Crippen LogP contribution in [0, 0.1) is 0 Å². The van der Waals surface area contributed by atoms with Crippen LogP contribution in [0.5, 0.6) is 0 Å². The van der Waals surface area contributed by atoms with Gasteiger partial charge in [-0.05, 0) is 69.4 Å². The Labute approximate surface area is 222 Å². The molecule has 2 aromatic rings. The van der Waals surface area contributed by atoms with Crippen LogP contribution in [0.3, 0.4) is 0 Å². The lowest BCUT2D eigenvalue weighted by atomic mass is 9.94. The summed E-state index contributed by atoms with van der Waals surface area (Å²) in [5.74, 6) is -0.429. The molecule has 4 rings (SSSR count). The topological polar surface area (TPSA) is 123 Å². The van der Waals surface area contributed by atoms with Gasteiger partial charge in [0, 0.05) is 34.5 Å². The molecule has 3 N–H and O–H groups in total. The minimum atomic E-state index is -3.58. The molecular formula is C26H35N3O6S2. The summed E-state index contributed by atoms with van der Waals surface area (Å²) in [4.78, 5) is 32.0. The number of carbonyl (C=O) groups is 2. The van der Waals surface area contributed by atoms with Crippen molar-refractivity contribution in [1.29, 1.82) is 0 Å². The molecule has 0 aliphatic carbocycles. The van der Waals surface area contributed by atoms with Gasteiger partial charge in [-0.2, -0.15) is 0 Å². The van der Waals surface area contributed by atoms with Crippen LogP contribution in [0.1, 0.15) is 63.7 Å². The molecular weight excluding hydrogens is 514 g/mol. The number of rotatable bonds is 8. The molecule has 0 radical (unpaired) electrons. The van der Waals surface area contributed by atoms with Crippen molar-refractivity contribution in [2.45, 2.75) is 75.9 Å². The highest BCUT2D eigenvalue weighted by Crippen LogP contribution is 2.47. The molecule has 1 aromatic carbocycles. The Bertz CT molecular complexity index is 1210. The van der Waals surface area contributed by atoms with E-state index in [0.717, 1.165) is 29.7 Å². The molecule has 2 aliphatic heterocycles. The number of ether oxygens (including phenoxy) is 1. The van der Waals surface area contributed by atoms with Gasteiger partial charge in [0.25, 0.3) is 0 Å². The monoisotopic (exact) mass is 549 g/mol. The Balaban J connectivity index is 1.54. The van der Waals surface area contributed by atoms with Gasteiger partial charge in [-0.15, -0.1) is 11.3 Å². The largest absolute Gasteiger partial charge is 0.350 e. The molecule has 0 bridgehead atoms. The number of amides is 3. The summed E-state index contributed by atoms with van der Waals surface area (Å²) in [6, 6.07) is 10.8. The number of sulfone groups is 1. The van der Waals surface area contributed by atoms with Crippen LogP contribution < -0.4 is 16.1 Å². The molecule has 3 amide bonds. The van der Waals surface area contributed by atoms with E-state index < -0.39 is 26.8 Å². The fourth-order valence-corrected chi connectivity index (χ4v) is 8.54. The Hall–Kier alpha value is -2.47. The molecule has 2 saturated heterocycles. The van der Waals surface area contributed by atoms with Crippen LogP contribution in [0.4, 0.5) is 10.5 Å². The summed E-state index contributed by atoms with van der Waals surface area (Å²) in [5, 5.41) is 5.61. The lowest BCUT2D eigenvalue weighted by molar-refractivity contribution is -0.200. The maximum Gasteiger partial charge on any atom is 0.319 e. The number of anilines is 1. The predicted octanol–water partition coefficient (Wildman–Crippen LogP) is 4.70. The maximum atomic E-state index is 13.5. The van der Waals surface area contributed by atoms with E-state index in [4.69, 9.17) is 9.57 Å². The Kier molecular flexibility index (Phi) is 8.89. The Morgan fingerprint density at radius 3 is 2.73 bits per heavy atom. The molecule has 11 heteroatoms. The summed E-state index contributed by atoms with van der Waals surface area (Å²) in [7, 11) is -3.58. The summed E-state index contributed by atoms with van der Waals surface area (Å²) >= 11 is 1.37. The van der Waals surface area contributed by atoms with Gasteiger partial charge in [0.05, 0.1) is 12.2 Å². The average Bonchev–Trinajstić information content (AvgIpc) is 3.35. The quantitative estimate of drug-likeness (QED) is 0.410. The number of benzene rings is 1. The molecule has 1 aromatic heterocycles. The number of nitrogens with one attached hydrogen (secondary N) is 3. The summed E-state index contributed by atoms with van der Waals surface area (Å²) in [6.07, 6.45) is 3.56. The summed E-state index contributed by atoms with van der Waals surface area (Å²) < 4.78 is 31.1. The van der Waals surface area contributed by atoms with E-state index in [9.17, 15) is 18.0 Å². The third-order valence-corrected chi connectivity index (χ3v) is 10.7. The van der Waals surface area contributed by atoms with E-state index in [2.05, 4.69) is 16.1 Å². The molecule has 1 unspecified atom stereocenters. The van der Waals surface area contributed by atoms with E-state index >= 15 is 0 Å². The molecule has 9 nitrogen and oxygen atoms in total. The van der Waals surface area contributed by atoms with Crippen molar-refractivity contribution >= 4 is 38.8 Å². The van der Waals surface area contributed by atoms with Crippen LogP contribution in [0.25, 0.3) is 10.4 Å². The maximum absolute atomic E-state index is 13.5. The lowest BCUT2D eigenvalue weighted by Crippen LogP contribution is -2.45. The zero-order valence-corrected chi connectivity index (χ0v) is 22.9. The van der Waals surface area contributed by atoms with Gasteiger partial charge >= 0.3 is 6.03 Å². The zero-order valence-electron chi connectivity index (χ0n) is 21.2. The van der Waals surface area contributed by atoms with Crippen molar-refractivity contribution in [1.82, 2.24) is 10.8 Å². The highest BCUT2D eigenvalue weighted by Gasteiger charge is 2.49. The molecule has 37 heavy (non-hydrogen) atoms. The molecule has 202 valence electrons. The first kappa shape index (κ1) is 27.6. The molecule has 0 spiro atoms. The van der Waals surface area contributed by atoms with Crippen LogP contribution >= 0.6 is 11.3 Å². The first-order valence-electron chi connectivity index (χ1n) is 12.8. The minimum Gasteiger partial charge on any atom is -0.350 e. The molecule has 0 saturated carbocycles. The van der Waals surface area contributed by atoms with Crippen molar-refractivity contribution in [3.8, 4) is 10.4 Å². The third-order valence-electron chi connectivity index (χ3n) is 6.61. The summed E-state index contributed by atoms with van der Waals surface area (Å²) in [5.41, 5.74) is 3.92. The second kappa shape index (κ2) is 11.9. The number of urea groups is 1. The van der Waals surface area contributed by atoms with Crippen LogP contribution in [-0.4, -0.2) is 45.0 Å².